The molecule has 0 saturated carbocycles. The fourth-order valence-corrected chi connectivity index (χ4v) is 5.68. The lowest BCUT2D eigenvalue weighted by Gasteiger charge is -2.48. The van der Waals surface area contributed by atoms with E-state index in [-0.39, 0.29) is 35.6 Å². The number of ether oxygens (including phenoxy) is 8. The summed E-state index contributed by atoms with van der Waals surface area (Å²) in [5.41, 5.74) is -2.10. The Balaban J connectivity index is 2.30. The first kappa shape index (κ1) is 39.9. The number of fused-ring (bicyclic) bond motifs is 2. The summed E-state index contributed by atoms with van der Waals surface area (Å²) in [6.07, 6.45) is 6.54. The number of rotatable bonds is 15. The van der Waals surface area contributed by atoms with Crippen LogP contribution in [-0.2, 0) is 37.9 Å². The first-order valence-electron chi connectivity index (χ1n) is 17.4. The summed E-state index contributed by atoms with van der Waals surface area (Å²) >= 11 is 0. The highest BCUT2D eigenvalue weighted by molar-refractivity contribution is 4.94. The van der Waals surface area contributed by atoms with Gasteiger partial charge in [0.1, 0.15) is 0 Å². The largest absolute Gasteiger partial charge is 0.379 e. The molecule has 0 aliphatic carbocycles. The van der Waals surface area contributed by atoms with Gasteiger partial charge >= 0.3 is 0 Å². The summed E-state index contributed by atoms with van der Waals surface area (Å²) < 4.78 is 51.6. The van der Waals surface area contributed by atoms with Crippen LogP contribution in [0.15, 0.2) is 0 Å². The van der Waals surface area contributed by atoms with Crippen LogP contribution in [0.2, 0.25) is 0 Å². The number of hydrogen-bond acceptors (Lipinski definition) is 8. The first-order valence-corrected chi connectivity index (χ1v) is 17.4. The zero-order chi connectivity index (χ0) is 33.1. The Bertz CT molecular complexity index is 765. The minimum absolute atomic E-state index is 0.138. The quantitative estimate of drug-likeness (QED) is 0.184. The summed E-state index contributed by atoms with van der Waals surface area (Å²) in [6, 6.07) is 0. The predicted molar refractivity (Wildman–Crippen MR) is 177 cm³/mol. The van der Waals surface area contributed by atoms with Crippen LogP contribution < -0.4 is 0 Å². The molecule has 0 N–H and O–H groups in total. The van der Waals surface area contributed by atoms with E-state index < -0.39 is 16.6 Å². The zero-order valence-corrected chi connectivity index (χ0v) is 30.7. The lowest BCUT2D eigenvalue weighted by molar-refractivity contribution is -0.235. The van der Waals surface area contributed by atoms with Gasteiger partial charge in [-0.3, -0.25) is 0 Å². The normalized spacial score (nSPS) is 32.4. The van der Waals surface area contributed by atoms with E-state index in [1.807, 2.05) is 0 Å². The fourth-order valence-electron chi connectivity index (χ4n) is 5.68. The molecule has 2 saturated heterocycles. The van der Waals surface area contributed by atoms with Gasteiger partial charge in [0.15, 0.2) is 0 Å². The van der Waals surface area contributed by atoms with Crippen LogP contribution in [0, 0.1) is 5.41 Å². The molecular formula is C36H70O8. The minimum Gasteiger partial charge on any atom is -0.379 e. The van der Waals surface area contributed by atoms with Gasteiger partial charge in [-0.2, -0.15) is 0 Å². The Morgan fingerprint density at radius 1 is 0.750 bits per heavy atom. The average molecular weight is 631 g/mol. The van der Waals surface area contributed by atoms with E-state index >= 15 is 0 Å². The molecule has 44 heavy (non-hydrogen) atoms. The highest BCUT2D eigenvalue weighted by atomic mass is 16.6. The van der Waals surface area contributed by atoms with Crippen molar-refractivity contribution in [1.82, 2.24) is 0 Å². The van der Waals surface area contributed by atoms with Gasteiger partial charge in [0.2, 0.25) is 0 Å². The standard InChI is InChI=1S/C36H70O8/c1-13-29(4)38-19-15-33(9,10)42-25-36(24-41-32(7,8)14-18-37-28(2)3)26-43-34(11)16-20-39-30(5)22-31(6)40-21-17-35(12,23-34)44-27-36/h28-31H,13-27H2,1-12H3. The van der Waals surface area contributed by atoms with E-state index in [9.17, 15) is 0 Å². The van der Waals surface area contributed by atoms with Crippen molar-refractivity contribution < 1.29 is 37.9 Å². The second-order valence-electron chi connectivity index (χ2n) is 15.9. The van der Waals surface area contributed by atoms with Gasteiger partial charge in [-0.1, -0.05) is 6.92 Å². The predicted octanol–water partition coefficient (Wildman–Crippen LogP) is 7.53. The monoisotopic (exact) mass is 631 g/mol. The van der Waals surface area contributed by atoms with E-state index in [4.69, 9.17) is 37.9 Å². The van der Waals surface area contributed by atoms with Crippen LogP contribution >= 0.6 is 0 Å². The van der Waals surface area contributed by atoms with Crippen LogP contribution in [0.25, 0.3) is 0 Å². The molecule has 5 unspecified atom stereocenters. The molecule has 2 aliphatic heterocycles. The minimum atomic E-state index is -0.507. The van der Waals surface area contributed by atoms with E-state index in [0.29, 0.717) is 52.9 Å². The third-order valence-corrected chi connectivity index (χ3v) is 9.31. The molecule has 0 aromatic rings. The summed E-state index contributed by atoms with van der Waals surface area (Å²) in [6.45, 7) is 30.0. The van der Waals surface area contributed by atoms with Crippen LogP contribution in [0.1, 0.15) is 128 Å². The van der Waals surface area contributed by atoms with Crippen molar-refractivity contribution in [2.75, 3.05) is 52.9 Å². The Kier molecular flexibility index (Phi) is 16.1. The Morgan fingerprint density at radius 2 is 1.20 bits per heavy atom. The molecule has 2 aliphatic rings. The van der Waals surface area contributed by atoms with Crippen molar-refractivity contribution in [3.8, 4) is 0 Å². The molecule has 8 heteroatoms. The highest BCUT2D eigenvalue weighted by Gasteiger charge is 2.46. The molecule has 0 aromatic carbocycles. The van der Waals surface area contributed by atoms with Crippen LogP contribution in [0.4, 0.5) is 0 Å². The van der Waals surface area contributed by atoms with Gasteiger partial charge in [-0.15, -0.1) is 0 Å². The molecule has 0 radical (unpaired) electrons. The second-order valence-corrected chi connectivity index (χ2v) is 15.9. The maximum absolute atomic E-state index is 6.94. The fraction of sp³-hybridized carbons (Fsp3) is 1.00. The lowest BCUT2D eigenvalue weighted by Crippen LogP contribution is -2.54. The van der Waals surface area contributed by atoms with Crippen LogP contribution in [0.3, 0.4) is 0 Å². The van der Waals surface area contributed by atoms with Gasteiger partial charge in [0, 0.05) is 32.8 Å². The Hall–Kier alpha value is -0.320. The van der Waals surface area contributed by atoms with Crippen molar-refractivity contribution in [1.29, 1.82) is 0 Å². The Morgan fingerprint density at radius 3 is 1.64 bits per heavy atom. The van der Waals surface area contributed by atoms with E-state index in [1.54, 1.807) is 0 Å². The highest BCUT2D eigenvalue weighted by Crippen LogP contribution is 2.40. The average Bonchev–Trinajstić information content (AvgIpc) is 2.90. The van der Waals surface area contributed by atoms with Gasteiger partial charge in [0.25, 0.3) is 0 Å². The molecule has 0 amide bonds. The van der Waals surface area contributed by atoms with Gasteiger partial charge in [-0.25, -0.2) is 0 Å². The number of hydrogen-bond donors (Lipinski definition) is 0. The second kappa shape index (κ2) is 17.7. The smallest absolute Gasteiger partial charge is 0.0704 e. The lowest BCUT2D eigenvalue weighted by atomic mass is 9.82. The molecule has 8 nitrogen and oxygen atoms in total. The van der Waals surface area contributed by atoms with Crippen molar-refractivity contribution in [3.05, 3.63) is 0 Å². The zero-order valence-electron chi connectivity index (χ0n) is 30.7. The summed E-state index contributed by atoms with van der Waals surface area (Å²) in [5.74, 6) is 0. The molecule has 0 spiro atoms. The maximum atomic E-state index is 6.94. The van der Waals surface area contributed by atoms with Crippen molar-refractivity contribution in [2.24, 2.45) is 5.41 Å². The van der Waals surface area contributed by atoms with E-state index in [1.165, 1.54) is 0 Å². The first-order chi connectivity index (χ1) is 20.4. The third kappa shape index (κ3) is 15.1. The molecule has 2 fully saturated rings. The third-order valence-electron chi connectivity index (χ3n) is 9.31. The van der Waals surface area contributed by atoms with E-state index in [2.05, 4.69) is 83.1 Å². The Labute approximate surface area is 270 Å². The van der Waals surface area contributed by atoms with Crippen LogP contribution in [0.5, 0.6) is 0 Å². The van der Waals surface area contributed by atoms with Gasteiger partial charge in [-0.05, 0) is 115 Å². The summed E-state index contributed by atoms with van der Waals surface area (Å²) in [5, 5.41) is 0. The molecular weight excluding hydrogens is 560 g/mol. The molecule has 5 atom stereocenters. The van der Waals surface area contributed by atoms with Gasteiger partial charge in [0.05, 0.1) is 78.7 Å². The van der Waals surface area contributed by atoms with Crippen molar-refractivity contribution in [2.45, 2.75) is 175 Å². The SMILES string of the molecule is CCC(C)OCCC(C)(C)OCC1(COC(C)(C)CCOC(C)C)COC2(C)CCOC(C)CC(C)OCCC(C)(C2)OC1. The van der Waals surface area contributed by atoms with E-state index in [0.717, 1.165) is 44.9 Å². The topological polar surface area (TPSA) is 73.8 Å². The summed E-state index contributed by atoms with van der Waals surface area (Å²) in [4.78, 5) is 0. The van der Waals surface area contributed by atoms with Crippen molar-refractivity contribution >= 4 is 0 Å². The molecule has 0 aromatic heterocycles. The molecule has 262 valence electrons. The molecule has 2 heterocycles. The van der Waals surface area contributed by atoms with Crippen molar-refractivity contribution in [3.63, 3.8) is 0 Å². The molecule has 2 rings (SSSR count). The van der Waals surface area contributed by atoms with Crippen LogP contribution in [-0.4, -0.2) is 99.7 Å². The molecule has 2 bridgehead atoms. The maximum Gasteiger partial charge on any atom is 0.0704 e. The summed E-state index contributed by atoms with van der Waals surface area (Å²) in [7, 11) is 0. The van der Waals surface area contributed by atoms with Gasteiger partial charge < -0.3 is 37.9 Å².